The van der Waals surface area contributed by atoms with E-state index in [1.165, 1.54) is 0 Å². The minimum atomic E-state index is -0.936. The molecule has 2 heterocycles. The quantitative estimate of drug-likeness (QED) is 0.536. The summed E-state index contributed by atoms with van der Waals surface area (Å²) in [6, 6.07) is 17.0. The van der Waals surface area contributed by atoms with Gasteiger partial charge < -0.3 is 10.1 Å². The summed E-state index contributed by atoms with van der Waals surface area (Å²) >= 11 is 0. The van der Waals surface area contributed by atoms with Crippen LogP contribution in [-0.2, 0) is 0 Å². The lowest BCUT2D eigenvalue weighted by Gasteiger charge is -2.01. The fourth-order valence-corrected chi connectivity index (χ4v) is 2.72. The molecule has 0 amide bonds. The number of fused-ring (bicyclic) bond motifs is 1. The average molecular weight is 303 g/mol. The Morgan fingerprint density at radius 1 is 1.04 bits per heavy atom. The predicted molar refractivity (Wildman–Crippen MR) is 88.3 cm³/mol. The van der Waals surface area contributed by atoms with Crippen LogP contribution >= 0.6 is 0 Å². The Morgan fingerprint density at radius 2 is 1.87 bits per heavy atom. The number of nitrogens with one attached hydrogen (secondary N) is 2. The van der Waals surface area contributed by atoms with Crippen molar-refractivity contribution in [3.63, 3.8) is 0 Å². The van der Waals surface area contributed by atoms with Crippen molar-refractivity contribution in [2.75, 3.05) is 0 Å². The van der Waals surface area contributed by atoms with E-state index in [9.17, 15) is 4.79 Å². The van der Waals surface area contributed by atoms with Gasteiger partial charge in [-0.25, -0.2) is 4.79 Å². The van der Waals surface area contributed by atoms with Gasteiger partial charge in [0.05, 0.1) is 23.1 Å². The highest BCUT2D eigenvalue weighted by molar-refractivity contribution is 5.95. The Labute approximate surface area is 131 Å². The standard InChI is InChI=1S/C18H13N3O2/c22-18(23)13-7-6-12-8-16(20-15(12)9-13)17-14(10-19-21-17)11-4-2-1-3-5-11/h1-10,20H,(H,19,21)(H,22,23). The monoisotopic (exact) mass is 303 g/mol. The SMILES string of the molecule is O=C(O)c1ccc2cc(-c3[nH]ncc3-c3ccccc3)[nH]c2c1. The number of benzene rings is 2. The largest absolute Gasteiger partial charge is 0.478 e. The van der Waals surface area contributed by atoms with Crippen molar-refractivity contribution in [2.24, 2.45) is 0 Å². The first-order valence-corrected chi connectivity index (χ1v) is 7.17. The number of nitrogens with zero attached hydrogens (tertiary/aromatic N) is 1. The molecule has 0 fully saturated rings. The molecule has 0 aliphatic heterocycles. The number of carboxylic acids is 1. The van der Waals surface area contributed by atoms with Gasteiger partial charge in [0.25, 0.3) is 0 Å². The number of aromatic carboxylic acids is 1. The van der Waals surface area contributed by atoms with Crippen LogP contribution in [0, 0.1) is 0 Å². The Morgan fingerprint density at radius 3 is 2.65 bits per heavy atom. The summed E-state index contributed by atoms with van der Waals surface area (Å²) in [5.74, 6) is -0.936. The number of hydrogen-bond acceptors (Lipinski definition) is 2. The van der Waals surface area contributed by atoms with Gasteiger partial charge in [-0.05, 0) is 23.8 Å². The van der Waals surface area contributed by atoms with Gasteiger partial charge in [0.15, 0.2) is 0 Å². The molecule has 0 unspecified atom stereocenters. The van der Waals surface area contributed by atoms with E-state index in [1.807, 2.05) is 36.4 Å². The molecule has 0 atom stereocenters. The normalized spacial score (nSPS) is 11.0. The third-order valence-electron chi connectivity index (χ3n) is 3.86. The van der Waals surface area contributed by atoms with Crippen molar-refractivity contribution in [3.05, 3.63) is 66.4 Å². The first-order valence-electron chi connectivity index (χ1n) is 7.17. The highest BCUT2D eigenvalue weighted by Gasteiger charge is 2.13. The summed E-state index contributed by atoms with van der Waals surface area (Å²) in [5.41, 5.74) is 4.87. The Hall–Kier alpha value is -3.34. The molecular formula is C18H13N3O2. The third-order valence-corrected chi connectivity index (χ3v) is 3.86. The van der Waals surface area contributed by atoms with E-state index in [0.717, 1.165) is 33.4 Å². The lowest BCUT2D eigenvalue weighted by molar-refractivity contribution is 0.0697. The lowest BCUT2D eigenvalue weighted by Crippen LogP contribution is -1.94. The average Bonchev–Trinajstić information content (AvgIpc) is 3.21. The molecule has 0 bridgehead atoms. The lowest BCUT2D eigenvalue weighted by atomic mass is 10.1. The van der Waals surface area contributed by atoms with Crippen molar-refractivity contribution in [3.8, 4) is 22.5 Å². The van der Waals surface area contributed by atoms with E-state index >= 15 is 0 Å². The first-order chi connectivity index (χ1) is 11.2. The number of H-pyrrole nitrogens is 2. The fraction of sp³-hybridized carbons (Fsp3) is 0. The summed E-state index contributed by atoms with van der Waals surface area (Å²) < 4.78 is 0. The summed E-state index contributed by atoms with van der Waals surface area (Å²) in [6.07, 6.45) is 1.79. The molecule has 0 spiro atoms. The van der Waals surface area contributed by atoms with Crippen molar-refractivity contribution < 1.29 is 9.90 Å². The number of aromatic nitrogens is 3. The summed E-state index contributed by atoms with van der Waals surface area (Å²) in [7, 11) is 0. The van der Waals surface area contributed by atoms with Crippen molar-refractivity contribution in [1.82, 2.24) is 15.2 Å². The zero-order valence-corrected chi connectivity index (χ0v) is 12.1. The van der Waals surface area contributed by atoms with Gasteiger partial charge in [-0.15, -0.1) is 0 Å². The van der Waals surface area contributed by atoms with Crippen LogP contribution in [0.3, 0.4) is 0 Å². The minimum absolute atomic E-state index is 0.263. The molecule has 112 valence electrons. The van der Waals surface area contributed by atoms with Gasteiger partial charge in [-0.2, -0.15) is 5.10 Å². The highest BCUT2D eigenvalue weighted by Crippen LogP contribution is 2.31. The van der Waals surface area contributed by atoms with Crippen LogP contribution in [0.15, 0.2) is 60.8 Å². The van der Waals surface area contributed by atoms with Crippen molar-refractivity contribution >= 4 is 16.9 Å². The topological polar surface area (TPSA) is 81.8 Å². The maximum Gasteiger partial charge on any atom is 0.335 e. The van der Waals surface area contributed by atoms with Crippen LogP contribution in [0.2, 0.25) is 0 Å². The van der Waals surface area contributed by atoms with Crippen molar-refractivity contribution in [1.29, 1.82) is 0 Å². The second kappa shape index (κ2) is 5.14. The first kappa shape index (κ1) is 13.3. The Bertz CT molecular complexity index is 999. The van der Waals surface area contributed by atoms with Gasteiger partial charge in [-0.1, -0.05) is 36.4 Å². The zero-order chi connectivity index (χ0) is 15.8. The molecular weight excluding hydrogens is 290 g/mol. The Kier molecular flexibility index (Phi) is 2.98. The van der Waals surface area contributed by atoms with E-state index in [0.29, 0.717) is 0 Å². The number of rotatable bonds is 3. The van der Waals surface area contributed by atoms with E-state index in [-0.39, 0.29) is 5.56 Å². The molecule has 2 aromatic heterocycles. The molecule has 0 aliphatic carbocycles. The van der Waals surface area contributed by atoms with Crippen LogP contribution in [0.5, 0.6) is 0 Å². The molecule has 2 aromatic carbocycles. The molecule has 0 radical (unpaired) electrons. The molecule has 5 nitrogen and oxygen atoms in total. The minimum Gasteiger partial charge on any atom is -0.478 e. The molecule has 0 saturated carbocycles. The van der Waals surface area contributed by atoms with Crippen LogP contribution < -0.4 is 0 Å². The Balaban J connectivity index is 1.84. The number of carboxylic acid groups (broad SMARTS) is 1. The molecule has 5 heteroatoms. The summed E-state index contributed by atoms with van der Waals surface area (Å²) in [5, 5.41) is 17.2. The third kappa shape index (κ3) is 2.28. The van der Waals surface area contributed by atoms with Crippen LogP contribution in [0.4, 0.5) is 0 Å². The second-order valence-electron chi connectivity index (χ2n) is 5.31. The molecule has 4 rings (SSSR count). The molecule has 0 saturated heterocycles. The van der Waals surface area contributed by atoms with Crippen molar-refractivity contribution in [2.45, 2.75) is 0 Å². The zero-order valence-electron chi connectivity index (χ0n) is 12.1. The van der Waals surface area contributed by atoms with Gasteiger partial charge in [-0.3, -0.25) is 5.10 Å². The number of carbonyl (C=O) groups is 1. The fourth-order valence-electron chi connectivity index (χ4n) is 2.72. The van der Waals surface area contributed by atoms with Gasteiger partial charge in [0.1, 0.15) is 0 Å². The van der Waals surface area contributed by atoms with Gasteiger partial charge in [0.2, 0.25) is 0 Å². The van der Waals surface area contributed by atoms with E-state index in [4.69, 9.17) is 5.11 Å². The summed E-state index contributed by atoms with van der Waals surface area (Å²) in [4.78, 5) is 14.4. The van der Waals surface area contributed by atoms with Crippen LogP contribution in [0.1, 0.15) is 10.4 Å². The molecule has 3 N–H and O–H groups in total. The van der Waals surface area contributed by atoms with E-state index in [1.54, 1.807) is 24.4 Å². The second-order valence-corrected chi connectivity index (χ2v) is 5.31. The van der Waals surface area contributed by atoms with Crippen LogP contribution in [-0.4, -0.2) is 26.3 Å². The maximum atomic E-state index is 11.1. The smallest absolute Gasteiger partial charge is 0.335 e. The molecule has 23 heavy (non-hydrogen) atoms. The van der Waals surface area contributed by atoms with Crippen LogP contribution in [0.25, 0.3) is 33.4 Å². The maximum absolute atomic E-state index is 11.1. The number of aromatic amines is 2. The van der Waals surface area contributed by atoms with Gasteiger partial charge in [0, 0.05) is 16.5 Å². The number of hydrogen-bond donors (Lipinski definition) is 3. The van der Waals surface area contributed by atoms with E-state index < -0.39 is 5.97 Å². The van der Waals surface area contributed by atoms with Gasteiger partial charge >= 0.3 is 5.97 Å². The predicted octanol–water partition coefficient (Wildman–Crippen LogP) is 3.92. The summed E-state index contributed by atoms with van der Waals surface area (Å²) in [6.45, 7) is 0. The highest BCUT2D eigenvalue weighted by atomic mass is 16.4. The van der Waals surface area contributed by atoms with E-state index in [2.05, 4.69) is 15.2 Å². The molecule has 0 aliphatic rings. The molecule has 4 aromatic rings.